The Labute approximate surface area is 110 Å². The molecular formula is C15H13FN2O. The largest absolute Gasteiger partial charge is 0.457 e. The van der Waals surface area contributed by atoms with Gasteiger partial charge in [-0.15, -0.1) is 0 Å². The van der Waals surface area contributed by atoms with Gasteiger partial charge in [0.05, 0.1) is 6.54 Å². The average molecular weight is 256 g/mol. The van der Waals surface area contributed by atoms with Crippen molar-refractivity contribution in [1.29, 1.82) is 0 Å². The topological polar surface area (TPSA) is 33.6 Å². The van der Waals surface area contributed by atoms with Gasteiger partial charge >= 0.3 is 0 Å². The van der Waals surface area contributed by atoms with Crippen molar-refractivity contribution in [2.24, 2.45) is 4.99 Å². The zero-order chi connectivity index (χ0) is 13.1. The van der Waals surface area contributed by atoms with Gasteiger partial charge in [0.15, 0.2) is 0 Å². The molecule has 0 aromatic heterocycles. The minimum atomic E-state index is -0.270. The Hall–Kier alpha value is -2.36. The van der Waals surface area contributed by atoms with Gasteiger partial charge in [-0.25, -0.2) is 4.39 Å². The van der Waals surface area contributed by atoms with Crippen molar-refractivity contribution in [2.45, 2.75) is 0 Å². The highest BCUT2D eigenvalue weighted by Gasteiger charge is 2.07. The summed E-state index contributed by atoms with van der Waals surface area (Å²) >= 11 is 0. The molecule has 1 N–H and O–H groups in total. The lowest BCUT2D eigenvalue weighted by Crippen LogP contribution is -2.19. The minimum absolute atomic E-state index is 0.270. The summed E-state index contributed by atoms with van der Waals surface area (Å²) < 4.78 is 18.4. The number of amidine groups is 1. The molecule has 1 aliphatic rings. The van der Waals surface area contributed by atoms with Crippen LogP contribution in [0.5, 0.6) is 11.5 Å². The van der Waals surface area contributed by atoms with Crippen LogP contribution in [0.1, 0.15) is 5.56 Å². The first kappa shape index (κ1) is 11.7. The molecule has 0 saturated heterocycles. The van der Waals surface area contributed by atoms with E-state index in [0.717, 1.165) is 24.5 Å². The van der Waals surface area contributed by atoms with Crippen molar-refractivity contribution in [3.63, 3.8) is 0 Å². The molecule has 19 heavy (non-hydrogen) atoms. The van der Waals surface area contributed by atoms with Crippen LogP contribution in [0.2, 0.25) is 0 Å². The quantitative estimate of drug-likeness (QED) is 0.916. The first-order chi connectivity index (χ1) is 9.31. The number of hydrogen-bond donors (Lipinski definition) is 1. The second-order valence-electron chi connectivity index (χ2n) is 4.24. The van der Waals surface area contributed by atoms with Crippen molar-refractivity contribution in [1.82, 2.24) is 5.32 Å². The lowest BCUT2D eigenvalue weighted by atomic mass is 10.2. The first-order valence-electron chi connectivity index (χ1n) is 6.13. The summed E-state index contributed by atoms with van der Waals surface area (Å²) in [4.78, 5) is 4.35. The monoisotopic (exact) mass is 256 g/mol. The molecule has 0 unspecified atom stereocenters. The van der Waals surface area contributed by atoms with E-state index in [-0.39, 0.29) is 5.82 Å². The van der Waals surface area contributed by atoms with E-state index >= 15 is 0 Å². The molecule has 0 atom stereocenters. The highest BCUT2D eigenvalue weighted by atomic mass is 19.1. The number of nitrogens with one attached hydrogen (secondary N) is 1. The van der Waals surface area contributed by atoms with E-state index in [1.807, 2.05) is 24.3 Å². The smallest absolute Gasteiger partial charge is 0.128 e. The average Bonchev–Trinajstić information content (AvgIpc) is 2.96. The minimum Gasteiger partial charge on any atom is -0.457 e. The Morgan fingerprint density at radius 3 is 2.16 bits per heavy atom. The molecular weight excluding hydrogens is 243 g/mol. The number of benzene rings is 2. The van der Waals surface area contributed by atoms with E-state index < -0.39 is 0 Å². The number of halogens is 1. The molecule has 96 valence electrons. The maximum atomic E-state index is 12.8. The van der Waals surface area contributed by atoms with Crippen molar-refractivity contribution in [2.75, 3.05) is 13.1 Å². The number of hydrogen-bond acceptors (Lipinski definition) is 3. The SMILES string of the molecule is Fc1ccc(Oc2ccc(C3=NCCN3)cc2)cc1. The Morgan fingerprint density at radius 1 is 0.947 bits per heavy atom. The molecule has 3 rings (SSSR count). The predicted molar refractivity (Wildman–Crippen MR) is 72.3 cm³/mol. The predicted octanol–water partition coefficient (Wildman–Crippen LogP) is 2.97. The van der Waals surface area contributed by atoms with Gasteiger partial charge in [0.25, 0.3) is 0 Å². The molecule has 0 aliphatic carbocycles. The first-order valence-corrected chi connectivity index (χ1v) is 6.13. The molecule has 0 bridgehead atoms. The lowest BCUT2D eigenvalue weighted by Gasteiger charge is -2.07. The van der Waals surface area contributed by atoms with E-state index in [1.165, 1.54) is 12.1 Å². The van der Waals surface area contributed by atoms with E-state index in [4.69, 9.17) is 4.74 Å². The van der Waals surface area contributed by atoms with Gasteiger partial charge in [0.2, 0.25) is 0 Å². The van der Waals surface area contributed by atoms with Crippen LogP contribution < -0.4 is 10.1 Å². The molecule has 0 saturated carbocycles. The van der Waals surface area contributed by atoms with E-state index in [1.54, 1.807) is 12.1 Å². The molecule has 0 amide bonds. The van der Waals surface area contributed by atoms with Crippen molar-refractivity contribution >= 4 is 5.84 Å². The fourth-order valence-electron chi connectivity index (χ4n) is 1.91. The van der Waals surface area contributed by atoms with Gasteiger partial charge < -0.3 is 10.1 Å². The standard InChI is InChI=1S/C15H13FN2O/c16-12-3-7-14(8-4-12)19-13-5-1-11(2-6-13)15-17-9-10-18-15/h1-8H,9-10H2,(H,17,18). The van der Waals surface area contributed by atoms with Crippen LogP contribution in [-0.2, 0) is 0 Å². The number of aliphatic imine (C=N–C) groups is 1. The lowest BCUT2D eigenvalue weighted by molar-refractivity contribution is 0.480. The molecule has 4 heteroatoms. The van der Waals surface area contributed by atoms with Crippen LogP contribution in [0.15, 0.2) is 53.5 Å². The number of ether oxygens (including phenoxy) is 1. The third-order valence-electron chi connectivity index (χ3n) is 2.85. The zero-order valence-corrected chi connectivity index (χ0v) is 10.3. The van der Waals surface area contributed by atoms with Crippen LogP contribution in [-0.4, -0.2) is 18.9 Å². The van der Waals surface area contributed by atoms with E-state index in [2.05, 4.69) is 10.3 Å². The summed E-state index contributed by atoms with van der Waals surface area (Å²) in [5, 5.41) is 3.22. The Bertz CT molecular complexity index is 591. The van der Waals surface area contributed by atoms with Gasteiger partial charge in [-0.05, 0) is 48.5 Å². The second kappa shape index (κ2) is 5.10. The maximum absolute atomic E-state index is 12.8. The maximum Gasteiger partial charge on any atom is 0.128 e. The summed E-state index contributed by atoms with van der Waals surface area (Å²) in [5.74, 6) is 1.99. The summed E-state index contributed by atoms with van der Waals surface area (Å²) in [6, 6.07) is 13.6. The van der Waals surface area contributed by atoms with Gasteiger partial charge in [-0.2, -0.15) is 0 Å². The Kier molecular flexibility index (Phi) is 3.14. The third kappa shape index (κ3) is 2.73. The van der Waals surface area contributed by atoms with E-state index in [9.17, 15) is 4.39 Å². The summed E-state index contributed by atoms with van der Waals surface area (Å²) in [6.45, 7) is 1.71. The summed E-state index contributed by atoms with van der Waals surface area (Å²) in [6.07, 6.45) is 0. The van der Waals surface area contributed by atoms with Crippen LogP contribution in [0, 0.1) is 5.82 Å². The van der Waals surface area contributed by atoms with Gasteiger partial charge in [-0.3, -0.25) is 4.99 Å². The van der Waals surface area contributed by atoms with Gasteiger partial charge in [-0.1, -0.05) is 0 Å². The molecule has 3 nitrogen and oxygen atoms in total. The van der Waals surface area contributed by atoms with Crippen molar-refractivity contribution in [3.05, 3.63) is 59.9 Å². The summed E-state index contributed by atoms with van der Waals surface area (Å²) in [5.41, 5.74) is 1.05. The highest BCUT2D eigenvalue weighted by Crippen LogP contribution is 2.22. The highest BCUT2D eigenvalue weighted by molar-refractivity contribution is 5.99. The molecule has 1 aliphatic heterocycles. The molecule has 0 radical (unpaired) electrons. The van der Waals surface area contributed by atoms with Crippen LogP contribution >= 0.6 is 0 Å². The number of rotatable bonds is 3. The van der Waals surface area contributed by atoms with Crippen LogP contribution in [0.4, 0.5) is 4.39 Å². The molecule has 2 aromatic rings. The Balaban J connectivity index is 1.73. The molecule has 0 spiro atoms. The van der Waals surface area contributed by atoms with Crippen LogP contribution in [0.3, 0.4) is 0 Å². The normalized spacial score (nSPS) is 13.8. The fourth-order valence-corrected chi connectivity index (χ4v) is 1.91. The van der Waals surface area contributed by atoms with Crippen LogP contribution in [0.25, 0.3) is 0 Å². The van der Waals surface area contributed by atoms with Gasteiger partial charge in [0, 0.05) is 12.1 Å². The third-order valence-corrected chi connectivity index (χ3v) is 2.85. The van der Waals surface area contributed by atoms with E-state index in [0.29, 0.717) is 11.5 Å². The summed E-state index contributed by atoms with van der Waals surface area (Å²) in [7, 11) is 0. The van der Waals surface area contributed by atoms with Gasteiger partial charge in [0.1, 0.15) is 23.2 Å². The molecule has 1 heterocycles. The Morgan fingerprint density at radius 2 is 1.58 bits per heavy atom. The zero-order valence-electron chi connectivity index (χ0n) is 10.3. The molecule has 0 fully saturated rings. The van der Waals surface area contributed by atoms with Crippen molar-refractivity contribution in [3.8, 4) is 11.5 Å². The number of nitrogens with zero attached hydrogens (tertiary/aromatic N) is 1. The second-order valence-corrected chi connectivity index (χ2v) is 4.24. The fraction of sp³-hybridized carbons (Fsp3) is 0.133. The molecule has 2 aromatic carbocycles. The van der Waals surface area contributed by atoms with Crippen molar-refractivity contribution < 1.29 is 9.13 Å².